The summed E-state index contributed by atoms with van der Waals surface area (Å²) in [5.74, 6) is -0.489. The Balaban J connectivity index is 2.26. The van der Waals surface area contributed by atoms with E-state index in [0.29, 0.717) is 42.6 Å². The third-order valence-electron chi connectivity index (χ3n) is 3.23. The van der Waals surface area contributed by atoms with Crippen LogP contribution in [0.15, 0.2) is 48.5 Å². The van der Waals surface area contributed by atoms with Crippen molar-refractivity contribution >= 4 is 46.4 Å². The highest BCUT2D eigenvalue weighted by Gasteiger charge is 2.16. The van der Waals surface area contributed by atoms with Gasteiger partial charge in [-0.25, -0.2) is 9.37 Å². The Morgan fingerprint density at radius 2 is 1.00 bits per heavy atom. The van der Waals surface area contributed by atoms with E-state index in [1.54, 1.807) is 36.4 Å². The number of rotatable bonds is 2. The summed E-state index contributed by atoms with van der Waals surface area (Å²) in [6.45, 7) is 0. The van der Waals surface area contributed by atoms with E-state index in [9.17, 15) is 4.39 Å². The summed E-state index contributed by atoms with van der Waals surface area (Å²) in [5.41, 5.74) is 1.54. The molecule has 0 unspecified atom stereocenters. The number of hydrogen-bond donors (Lipinski definition) is 0. The Kier molecular flexibility index (Phi) is 4.79. The molecule has 0 atom stereocenters. The zero-order chi connectivity index (χ0) is 16.6. The second-order valence-electron chi connectivity index (χ2n) is 4.75. The molecule has 0 saturated heterocycles. The summed E-state index contributed by atoms with van der Waals surface area (Å²) in [4.78, 5) is 4.44. The molecule has 0 radical (unpaired) electrons. The van der Waals surface area contributed by atoms with E-state index in [-0.39, 0.29) is 0 Å². The van der Waals surface area contributed by atoms with Gasteiger partial charge in [0, 0.05) is 23.3 Å². The Bertz CT molecular complexity index is 786. The van der Waals surface area contributed by atoms with Gasteiger partial charge in [0.15, 0.2) is 0 Å². The Labute approximate surface area is 152 Å². The summed E-state index contributed by atoms with van der Waals surface area (Å²) >= 11 is 24.7. The van der Waals surface area contributed by atoms with Crippen molar-refractivity contribution in [2.45, 2.75) is 0 Å². The van der Waals surface area contributed by atoms with Gasteiger partial charge in [0.25, 0.3) is 0 Å². The number of benzene rings is 2. The summed E-state index contributed by atoms with van der Waals surface area (Å²) in [5, 5.41) is 1.53. The van der Waals surface area contributed by atoms with Crippen molar-refractivity contribution in [1.82, 2.24) is 4.98 Å². The maximum Gasteiger partial charge on any atom is 0.127 e. The van der Waals surface area contributed by atoms with Crippen molar-refractivity contribution in [3.8, 4) is 22.5 Å². The van der Waals surface area contributed by atoms with Crippen LogP contribution in [0.3, 0.4) is 0 Å². The zero-order valence-electron chi connectivity index (χ0n) is 11.5. The van der Waals surface area contributed by atoms with Crippen LogP contribution in [0.5, 0.6) is 0 Å². The van der Waals surface area contributed by atoms with E-state index in [4.69, 9.17) is 46.4 Å². The van der Waals surface area contributed by atoms with Gasteiger partial charge in [0.05, 0.1) is 31.5 Å². The average molecular weight is 387 g/mol. The van der Waals surface area contributed by atoms with Gasteiger partial charge in [-0.05, 0) is 24.3 Å². The van der Waals surface area contributed by atoms with Crippen molar-refractivity contribution in [1.29, 1.82) is 0 Å². The van der Waals surface area contributed by atoms with E-state index in [1.165, 1.54) is 12.1 Å². The van der Waals surface area contributed by atoms with Crippen molar-refractivity contribution in [3.63, 3.8) is 0 Å². The predicted molar refractivity (Wildman–Crippen MR) is 95.1 cm³/mol. The van der Waals surface area contributed by atoms with Crippen LogP contribution in [-0.2, 0) is 0 Å². The monoisotopic (exact) mass is 385 g/mol. The number of hydrogen-bond acceptors (Lipinski definition) is 1. The van der Waals surface area contributed by atoms with Gasteiger partial charge >= 0.3 is 0 Å². The van der Waals surface area contributed by atoms with Crippen LogP contribution in [0.1, 0.15) is 0 Å². The van der Waals surface area contributed by atoms with Crippen LogP contribution in [0.25, 0.3) is 22.5 Å². The molecular formula is C17H8Cl4FN. The standard InChI is InChI=1S/C17H8Cl4FN/c18-10-3-1-4-11(19)16(10)14-7-9(22)8-15(23-14)17-12(20)5-2-6-13(17)21/h1-8H. The molecule has 0 amide bonds. The lowest BCUT2D eigenvalue weighted by Gasteiger charge is -2.11. The number of pyridine rings is 1. The molecular weight excluding hydrogens is 379 g/mol. The van der Waals surface area contributed by atoms with E-state index in [1.807, 2.05) is 0 Å². The molecule has 23 heavy (non-hydrogen) atoms. The molecule has 0 fully saturated rings. The molecule has 116 valence electrons. The molecule has 3 aromatic rings. The molecule has 0 aliphatic rings. The minimum atomic E-state index is -0.489. The minimum Gasteiger partial charge on any atom is -0.247 e. The number of aromatic nitrogens is 1. The first-order valence-electron chi connectivity index (χ1n) is 6.53. The van der Waals surface area contributed by atoms with Crippen molar-refractivity contribution < 1.29 is 4.39 Å². The maximum atomic E-state index is 14.1. The molecule has 0 aliphatic heterocycles. The van der Waals surface area contributed by atoms with Gasteiger partial charge in [-0.2, -0.15) is 0 Å². The Hall–Kier alpha value is -1.32. The van der Waals surface area contributed by atoms with Crippen LogP contribution in [0.4, 0.5) is 4.39 Å². The highest BCUT2D eigenvalue weighted by Crippen LogP contribution is 2.38. The summed E-state index contributed by atoms with van der Waals surface area (Å²) in [7, 11) is 0. The van der Waals surface area contributed by atoms with Crippen molar-refractivity contribution in [2.24, 2.45) is 0 Å². The van der Waals surface area contributed by atoms with Gasteiger partial charge in [-0.1, -0.05) is 58.5 Å². The normalized spacial score (nSPS) is 10.8. The minimum absolute atomic E-state index is 0.312. The molecule has 1 nitrogen and oxygen atoms in total. The quantitative estimate of drug-likeness (QED) is 0.454. The van der Waals surface area contributed by atoms with Gasteiger partial charge in [-0.15, -0.1) is 0 Å². The zero-order valence-corrected chi connectivity index (χ0v) is 14.5. The smallest absolute Gasteiger partial charge is 0.127 e. The molecule has 0 aliphatic carbocycles. The largest absolute Gasteiger partial charge is 0.247 e. The lowest BCUT2D eigenvalue weighted by atomic mass is 10.1. The maximum absolute atomic E-state index is 14.1. The van der Waals surface area contributed by atoms with Crippen LogP contribution in [-0.4, -0.2) is 4.98 Å². The first kappa shape index (κ1) is 16.5. The fourth-order valence-electron chi connectivity index (χ4n) is 2.24. The predicted octanol–water partition coefficient (Wildman–Crippen LogP) is 7.17. The topological polar surface area (TPSA) is 12.9 Å². The van der Waals surface area contributed by atoms with Gasteiger partial charge in [-0.3, -0.25) is 0 Å². The van der Waals surface area contributed by atoms with E-state index < -0.39 is 5.82 Å². The SMILES string of the molecule is Fc1cc(-c2c(Cl)cccc2Cl)nc(-c2c(Cl)cccc2Cl)c1. The summed E-state index contributed by atoms with van der Waals surface area (Å²) < 4.78 is 14.1. The molecule has 0 spiro atoms. The molecule has 1 aromatic heterocycles. The third-order valence-corrected chi connectivity index (χ3v) is 4.49. The Morgan fingerprint density at radius 1 is 0.652 bits per heavy atom. The highest BCUT2D eigenvalue weighted by molar-refractivity contribution is 6.40. The first-order chi connectivity index (χ1) is 11.0. The molecule has 0 saturated carbocycles. The number of halogens is 5. The van der Waals surface area contributed by atoms with E-state index >= 15 is 0 Å². The van der Waals surface area contributed by atoms with Crippen molar-refractivity contribution in [3.05, 3.63) is 74.4 Å². The van der Waals surface area contributed by atoms with Crippen LogP contribution >= 0.6 is 46.4 Å². The molecule has 1 heterocycles. The summed E-state index contributed by atoms with van der Waals surface area (Å²) in [6, 6.07) is 12.6. The van der Waals surface area contributed by atoms with Crippen LogP contribution < -0.4 is 0 Å². The fraction of sp³-hybridized carbons (Fsp3) is 0. The van der Waals surface area contributed by atoms with Gasteiger partial charge in [0.1, 0.15) is 5.82 Å². The molecule has 0 bridgehead atoms. The highest BCUT2D eigenvalue weighted by atomic mass is 35.5. The Morgan fingerprint density at radius 3 is 1.35 bits per heavy atom. The van der Waals surface area contributed by atoms with E-state index in [0.717, 1.165) is 0 Å². The van der Waals surface area contributed by atoms with Crippen LogP contribution in [0.2, 0.25) is 20.1 Å². The lowest BCUT2D eigenvalue weighted by Crippen LogP contribution is -1.93. The third kappa shape index (κ3) is 3.31. The molecule has 6 heteroatoms. The summed E-state index contributed by atoms with van der Waals surface area (Å²) in [6.07, 6.45) is 0. The first-order valence-corrected chi connectivity index (χ1v) is 8.05. The second-order valence-corrected chi connectivity index (χ2v) is 6.38. The second kappa shape index (κ2) is 6.66. The molecule has 0 N–H and O–H groups in total. The lowest BCUT2D eigenvalue weighted by molar-refractivity contribution is 0.627. The van der Waals surface area contributed by atoms with Gasteiger partial charge in [0.2, 0.25) is 0 Å². The molecule has 3 rings (SSSR count). The number of nitrogens with zero attached hydrogens (tertiary/aromatic N) is 1. The van der Waals surface area contributed by atoms with Crippen LogP contribution in [0, 0.1) is 5.82 Å². The fourth-order valence-corrected chi connectivity index (χ4v) is 3.42. The van der Waals surface area contributed by atoms with Crippen molar-refractivity contribution in [2.75, 3.05) is 0 Å². The average Bonchev–Trinajstić information content (AvgIpc) is 2.46. The molecule has 2 aromatic carbocycles. The van der Waals surface area contributed by atoms with E-state index in [2.05, 4.69) is 4.98 Å². The van der Waals surface area contributed by atoms with Gasteiger partial charge < -0.3 is 0 Å².